The maximum absolute atomic E-state index is 9.42. The van der Waals surface area contributed by atoms with Crippen LogP contribution in [-0.2, 0) is 0 Å². The third-order valence-corrected chi connectivity index (χ3v) is 3.17. The number of fused-ring (bicyclic) bond motifs is 1. The number of methoxy groups -OCH3 is 2. The molecule has 1 aromatic heterocycles. The molecule has 0 bridgehead atoms. The number of benzene rings is 2. The number of hydrogen-bond acceptors (Lipinski definition) is 6. The first-order valence-corrected chi connectivity index (χ1v) is 6.64. The van der Waals surface area contributed by atoms with Gasteiger partial charge in [-0.3, -0.25) is 0 Å². The fraction of sp³-hybridized carbons (Fsp3) is 0.125. The summed E-state index contributed by atoms with van der Waals surface area (Å²) in [5.74, 6) is 1.29. The molecule has 0 saturated carbocycles. The van der Waals surface area contributed by atoms with E-state index in [0.717, 1.165) is 11.4 Å². The molecule has 1 heterocycles. The maximum atomic E-state index is 9.42. The second-order valence-electron chi connectivity index (χ2n) is 4.66. The molecule has 0 aliphatic rings. The lowest BCUT2D eigenvalue weighted by atomic mass is 10.2. The van der Waals surface area contributed by atoms with Crippen LogP contribution in [0.1, 0.15) is 0 Å². The number of nitrogens with one attached hydrogen (secondary N) is 1. The van der Waals surface area contributed by atoms with Gasteiger partial charge in [0.1, 0.15) is 11.5 Å². The van der Waals surface area contributed by atoms with Gasteiger partial charge in [-0.2, -0.15) is 0 Å². The van der Waals surface area contributed by atoms with Gasteiger partial charge in [-0.15, -0.1) is 0 Å². The molecule has 0 amide bonds. The molecule has 0 fully saturated rings. The van der Waals surface area contributed by atoms with Gasteiger partial charge in [0.2, 0.25) is 5.88 Å². The van der Waals surface area contributed by atoms with Crippen LogP contribution in [-0.4, -0.2) is 29.3 Å². The minimum absolute atomic E-state index is 0.104. The zero-order chi connectivity index (χ0) is 15.5. The van der Waals surface area contributed by atoms with Crippen molar-refractivity contribution in [2.24, 2.45) is 0 Å². The molecule has 3 aromatic rings. The summed E-state index contributed by atoms with van der Waals surface area (Å²) >= 11 is 0. The fourth-order valence-electron chi connectivity index (χ4n) is 2.13. The molecule has 112 valence electrons. The van der Waals surface area contributed by atoms with Crippen LogP contribution in [0.25, 0.3) is 11.0 Å². The van der Waals surface area contributed by atoms with E-state index in [-0.39, 0.29) is 5.88 Å². The second-order valence-corrected chi connectivity index (χ2v) is 4.66. The summed E-state index contributed by atoms with van der Waals surface area (Å²) in [5, 5.41) is 12.7. The number of aromatic nitrogens is 2. The SMILES string of the molecule is COc1cc(Nc2ccc3ncc(O)nc3c2)cc(OC)c1. The van der Waals surface area contributed by atoms with Crippen molar-refractivity contribution < 1.29 is 14.6 Å². The Morgan fingerprint density at radius 2 is 1.64 bits per heavy atom. The van der Waals surface area contributed by atoms with E-state index in [0.29, 0.717) is 22.5 Å². The first-order chi connectivity index (χ1) is 10.7. The van der Waals surface area contributed by atoms with Crippen LogP contribution in [0, 0.1) is 0 Å². The highest BCUT2D eigenvalue weighted by Gasteiger charge is 2.04. The fourth-order valence-corrected chi connectivity index (χ4v) is 2.13. The van der Waals surface area contributed by atoms with Gasteiger partial charge in [0.15, 0.2) is 0 Å². The summed E-state index contributed by atoms with van der Waals surface area (Å²) in [6.07, 6.45) is 1.32. The Bertz CT molecular complexity index is 799. The first kappa shape index (κ1) is 13.9. The normalized spacial score (nSPS) is 10.5. The molecule has 0 unspecified atom stereocenters. The molecule has 0 aliphatic heterocycles. The van der Waals surface area contributed by atoms with E-state index in [9.17, 15) is 5.11 Å². The lowest BCUT2D eigenvalue weighted by Crippen LogP contribution is -1.94. The highest BCUT2D eigenvalue weighted by molar-refractivity contribution is 5.80. The third-order valence-electron chi connectivity index (χ3n) is 3.17. The van der Waals surface area contributed by atoms with Crippen molar-refractivity contribution in [3.63, 3.8) is 0 Å². The molecule has 0 atom stereocenters. The number of rotatable bonds is 4. The highest BCUT2D eigenvalue weighted by atomic mass is 16.5. The lowest BCUT2D eigenvalue weighted by molar-refractivity contribution is 0.395. The van der Waals surface area contributed by atoms with Gasteiger partial charge in [0.05, 0.1) is 31.4 Å². The van der Waals surface area contributed by atoms with E-state index in [1.165, 1.54) is 6.20 Å². The van der Waals surface area contributed by atoms with Crippen molar-refractivity contribution in [2.45, 2.75) is 0 Å². The predicted molar refractivity (Wildman–Crippen MR) is 84.0 cm³/mol. The van der Waals surface area contributed by atoms with Gasteiger partial charge in [-0.05, 0) is 18.2 Å². The lowest BCUT2D eigenvalue weighted by Gasteiger charge is -2.11. The van der Waals surface area contributed by atoms with E-state index in [2.05, 4.69) is 15.3 Å². The summed E-state index contributed by atoms with van der Waals surface area (Å²) in [5.41, 5.74) is 2.97. The van der Waals surface area contributed by atoms with Crippen molar-refractivity contribution in [1.29, 1.82) is 0 Å². The summed E-state index contributed by atoms with van der Waals surface area (Å²) in [6.45, 7) is 0. The van der Waals surface area contributed by atoms with Crippen molar-refractivity contribution >= 4 is 22.4 Å². The van der Waals surface area contributed by atoms with Gasteiger partial charge < -0.3 is 19.9 Å². The Kier molecular flexibility index (Phi) is 3.65. The molecule has 0 radical (unpaired) electrons. The molecule has 2 N–H and O–H groups in total. The smallest absolute Gasteiger partial charge is 0.230 e. The zero-order valence-corrected chi connectivity index (χ0v) is 12.2. The predicted octanol–water partition coefficient (Wildman–Crippen LogP) is 3.10. The van der Waals surface area contributed by atoms with Crippen molar-refractivity contribution in [1.82, 2.24) is 9.97 Å². The van der Waals surface area contributed by atoms with Crippen LogP contribution in [0.2, 0.25) is 0 Å². The number of aromatic hydroxyl groups is 1. The van der Waals surface area contributed by atoms with Crippen LogP contribution >= 0.6 is 0 Å². The molecule has 3 rings (SSSR count). The van der Waals surface area contributed by atoms with Crippen LogP contribution in [0.3, 0.4) is 0 Å². The summed E-state index contributed by atoms with van der Waals surface area (Å²) < 4.78 is 10.5. The Morgan fingerprint density at radius 3 is 2.32 bits per heavy atom. The topological polar surface area (TPSA) is 76.5 Å². The minimum atomic E-state index is -0.104. The Hall–Kier alpha value is -3.02. The van der Waals surface area contributed by atoms with Crippen LogP contribution in [0.5, 0.6) is 17.4 Å². The Labute approximate surface area is 127 Å². The van der Waals surface area contributed by atoms with Crippen LogP contribution in [0.4, 0.5) is 11.4 Å². The van der Waals surface area contributed by atoms with Gasteiger partial charge >= 0.3 is 0 Å². The number of nitrogens with zero attached hydrogens (tertiary/aromatic N) is 2. The minimum Gasteiger partial charge on any atom is -0.497 e. The van der Waals surface area contributed by atoms with E-state index < -0.39 is 0 Å². The van der Waals surface area contributed by atoms with Crippen LogP contribution in [0.15, 0.2) is 42.6 Å². The van der Waals surface area contributed by atoms with Gasteiger partial charge in [0, 0.05) is 29.6 Å². The monoisotopic (exact) mass is 297 g/mol. The summed E-state index contributed by atoms with van der Waals surface area (Å²) in [6, 6.07) is 11.1. The number of hydrogen-bond donors (Lipinski definition) is 2. The summed E-state index contributed by atoms with van der Waals surface area (Å²) in [4.78, 5) is 8.15. The largest absolute Gasteiger partial charge is 0.497 e. The molecule has 0 saturated heterocycles. The van der Waals surface area contributed by atoms with Crippen LogP contribution < -0.4 is 14.8 Å². The molecule has 2 aromatic carbocycles. The second kappa shape index (κ2) is 5.77. The van der Waals surface area contributed by atoms with Crippen molar-refractivity contribution in [2.75, 3.05) is 19.5 Å². The van der Waals surface area contributed by atoms with E-state index in [1.807, 2.05) is 30.3 Å². The van der Waals surface area contributed by atoms with Crippen molar-refractivity contribution in [3.8, 4) is 17.4 Å². The maximum Gasteiger partial charge on any atom is 0.230 e. The molecule has 0 aliphatic carbocycles. The first-order valence-electron chi connectivity index (χ1n) is 6.64. The standard InChI is InChI=1S/C16H15N3O3/c1-21-12-5-11(6-13(8-12)22-2)18-10-3-4-14-15(7-10)19-16(20)9-17-14/h3-9,18H,1-2H3,(H,19,20). The van der Waals surface area contributed by atoms with Gasteiger partial charge in [-0.25, -0.2) is 9.97 Å². The number of anilines is 2. The molecule has 0 spiro atoms. The highest BCUT2D eigenvalue weighted by Crippen LogP contribution is 2.28. The Balaban J connectivity index is 1.95. The third kappa shape index (κ3) is 2.85. The van der Waals surface area contributed by atoms with Gasteiger partial charge in [0.25, 0.3) is 0 Å². The van der Waals surface area contributed by atoms with E-state index in [4.69, 9.17) is 9.47 Å². The van der Waals surface area contributed by atoms with Gasteiger partial charge in [-0.1, -0.05) is 0 Å². The average molecular weight is 297 g/mol. The quantitative estimate of drug-likeness (QED) is 0.770. The average Bonchev–Trinajstić information content (AvgIpc) is 2.54. The zero-order valence-electron chi connectivity index (χ0n) is 12.2. The van der Waals surface area contributed by atoms with E-state index >= 15 is 0 Å². The Morgan fingerprint density at radius 1 is 0.909 bits per heavy atom. The molecular formula is C16H15N3O3. The van der Waals surface area contributed by atoms with E-state index in [1.54, 1.807) is 20.3 Å². The molecule has 6 nitrogen and oxygen atoms in total. The molecule has 6 heteroatoms. The molecule has 22 heavy (non-hydrogen) atoms. The number of ether oxygens (including phenoxy) is 2. The molecular weight excluding hydrogens is 282 g/mol. The summed E-state index contributed by atoms with van der Waals surface area (Å²) in [7, 11) is 3.21. The van der Waals surface area contributed by atoms with Crippen molar-refractivity contribution in [3.05, 3.63) is 42.6 Å².